The minimum absolute atomic E-state index is 0.145. The van der Waals surface area contributed by atoms with E-state index >= 15 is 0 Å². The Kier molecular flexibility index (Phi) is 8.27. The molecule has 2 unspecified atom stereocenters. The van der Waals surface area contributed by atoms with Gasteiger partial charge in [0, 0.05) is 47.4 Å². The third-order valence-electron chi connectivity index (χ3n) is 8.36. The third kappa shape index (κ3) is 5.21. The number of benzene rings is 4. The van der Waals surface area contributed by atoms with E-state index in [9.17, 15) is 10.2 Å². The molecule has 6 rings (SSSR count). The highest BCUT2D eigenvalue weighted by molar-refractivity contribution is 6.39. The maximum atomic E-state index is 9.20. The molecule has 4 N–H and O–H groups in total. The summed E-state index contributed by atoms with van der Waals surface area (Å²) in [6, 6.07) is 26.1. The molecule has 2 aliphatic carbocycles. The van der Waals surface area contributed by atoms with Crippen molar-refractivity contribution in [1.82, 2.24) is 10.6 Å². The zero-order chi connectivity index (χ0) is 27.6. The minimum Gasteiger partial charge on any atom is -0.395 e. The molecule has 0 aliphatic heterocycles. The highest BCUT2D eigenvalue weighted by Crippen LogP contribution is 2.44. The maximum absolute atomic E-state index is 9.20. The summed E-state index contributed by atoms with van der Waals surface area (Å²) in [4.78, 5) is 0. The van der Waals surface area contributed by atoms with Gasteiger partial charge < -0.3 is 20.8 Å². The lowest BCUT2D eigenvalue weighted by atomic mass is 9.93. The van der Waals surface area contributed by atoms with Crippen LogP contribution in [0.15, 0.2) is 72.8 Å². The molecular weight excluding hydrogens is 539 g/mol. The van der Waals surface area contributed by atoms with Crippen molar-refractivity contribution in [2.75, 3.05) is 26.3 Å². The highest BCUT2D eigenvalue weighted by atomic mass is 35.5. The van der Waals surface area contributed by atoms with Crippen molar-refractivity contribution in [3.05, 3.63) is 105 Å². The summed E-state index contributed by atoms with van der Waals surface area (Å²) in [7, 11) is 0. The molecule has 4 aromatic rings. The van der Waals surface area contributed by atoms with Gasteiger partial charge in [-0.15, -0.1) is 0 Å². The molecule has 0 saturated carbocycles. The average Bonchev–Trinajstić information content (AvgIpc) is 3.58. The molecule has 0 bridgehead atoms. The second-order valence-corrected chi connectivity index (χ2v) is 11.5. The minimum atomic E-state index is 0.145. The second kappa shape index (κ2) is 12.0. The number of nitrogens with one attached hydrogen (secondary N) is 2. The topological polar surface area (TPSA) is 64.5 Å². The van der Waals surface area contributed by atoms with Gasteiger partial charge in [0.1, 0.15) is 0 Å². The van der Waals surface area contributed by atoms with Crippen LogP contribution in [0.5, 0.6) is 0 Å². The first-order chi connectivity index (χ1) is 19.6. The number of aryl methyl sites for hydroxylation is 2. The van der Waals surface area contributed by atoms with Crippen molar-refractivity contribution in [2.45, 2.75) is 37.8 Å². The molecule has 206 valence electrons. The van der Waals surface area contributed by atoms with Crippen molar-refractivity contribution < 1.29 is 10.2 Å². The van der Waals surface area contributed by atoms with Crippen LogP contribution < -0.4 is 10.6 Å². The van der Waals surface area contributed by atoms with E-state index in [1.54, 1.807) is 0 Å². The Morgan fingerprint density at radius 1 is 0.600 bits per heavy atom. The Morgan fingerprint density at radius 3 is 1.45 bits per heavy atom. The third-order valence-corrected chi connectivity index (χ3v) is 9.17. The number of hydrogen-bond donors (Lipinski definition) is 4. The van der Waals surface area contributed by atoms with Crippen LogP contribution in [-0.2, 0) is 12.8 Å². The molecule has 0 fully saturated rings. The molecule has 2 aliphatic rings. The zero-order valence-corrected chi connectivity index (χ0v) is 23.9. The van der Waals surface area contributed by atoms with E-state index in [1.807, 2.05) is 24.3 Å². The SMILES string of the molecule is OCCNC1CCc2cc(-c3cccc(-c4cccc(-c5ccc6c(c5)CCC6NCCO)c4Cl)c3Cl)ccc21. The summed E-state index contributed by atoms with van der Waals surface area (Å²) in [5.41, 5.74) is 11.3. The van der Waals surface area contributed by atoms with E-state index in [4.69, 9.17) is 23.2 Å². The van der Waals surface area contributed by atoms with Crippen LogP contribution >= 0.6 is 23.2 Å². The molecule has 40 heavy (non-hydrogen) atoms. The summed E-state index contributed by atoms with van der Waals surface area (Å²) < 4.78 is 0. The van der Waals surface area contributed by atoms with Gasteiger partial charge in [0.05, 0.1) is 23.3 Å². The molecule has 0 amide bonds. The van der Waals surface area contributed by atoms with Crippen LogP contribution in [0.3, 0.4) is 0 Å². The van der Waals surface area contributed by atoms with Gasteiger partial charge in [-0.3, -0.25) is 0 Å². The molecule has 4 aromatic carbocycles. The van der Waals surface area contributed by atoms with Gasteiger partial charge in [-0.2, -0.15) is 0 Å². The van der Waals surface area contributed by atoms with Gasteiger partial charge >= 0.3 is 0 Å². The zero-order valence-electron chi connectivity index (χ0n) is 22.4. The molecular formula is C34H34Cl2N2O2. The molecule has 0 spiro atoms. The maximum Gasteiger partial charge on any atom is 0.0563 e. The Labute approximate surface area is 246 Å². The van der Waals surface area contributed by atoms with Crippen LogP contribution in [0, 0.1) is 0 Å². The number of rotatable bonds is 9. The quantitative estimate of drug-likeness (QED) is 0.172. The van der Waals surface area contributed by atoms with E-state index in [-0.39, 0.29) is 13.2 Å². The molecule has 0 saturated heterocycles. The van der Waals surface area contributed by atoms with Gasteiger partial charge in [0.15, 0.2) is 0 Å². The number of aliphatic hydroxyl groups excluding tert-OH is 2. The fourth-order valence-corrected chi connectivity index (χ4v) is 7.07. The lowest BCUT2D eigenvalue weighted by Gasteiger charge is -2.16. The predicted octanol–water partition coefficient (Wildman–Crippen LogP) is 7.13. The lowest BCUT2D eigenvalue weighted by Crippen LogP contribution is -2.22. The second-order valence-electron chi connectivity index (χ2n) is 10.7. The van der Waals surface area contributed by atoms with E-state index in [1.165, 1.54) is 22.3 Å². The normalized spacial score (nSPS) is 17.7. The van der Waals surface area contributed by atoms with E-state index < -0.39 is 0 Å². The van der Waals surface area contributed by atoms with Crippen LogP contribution in [0.4, 0.5) is 0 Å². The highest BCUT2D eigenvalue weighted by Gasteiger charge is 2.24. The Balaban J connectivity index is 1.32. The molecule has 0 radical (unpaired) electrons. The number of hydrogen-bond acceptors (Lipinski definition) is 4. The van der Waals surface area contributed by atoms with Gasteiger partial charge in [-0.1, -0.05) is 96.0 Å². The first-order valence-electron chi connectivity index (χ1n) is 14.1. The van der Waals surface area contributed by atoms with Gasteiger partial charge in [0.25, 0.3) is 0 Å². The summed E-state index contributed by atoms with van der Waals surface area (Å²) in [6.07, 6.45) is 4.10. The summed E-state index contributed by atoms with van der Waals surface area (Å²) in [5, 5.41) is 26.7. The van der Waals surface area contributed by atoms with Crippen LogP contribution in [0.2, 0.25) is 10.0 Å². The first kappa shape index (κ1) is 27.5. The Hall–Kier alpha value is -2.70. The molecule has 2 atom stereocenters. The lowest BCUT2D eigenvalue weighted by molar-refractivity contribution is 0.284. The number of fused-ring (bicyclic) bond motifs is 2. The van der Waals surface area contributed by atoms with E-state index in [0.29, 0.717) is 35.2 Å². The smallest absolute Gasteiger partial charge is 0.0563 e. The van der Waals surface area contributed by atoms with Crippen molar-refractivity contribution in [2.24, 2.45) is 0 Å². The summed E-state index contributed by atoms with van der Waals surface area (Å²) in [6.45, 7) is 1.50. The molecule has 4 nitrogen and oxygen atoms in total. The number of halogens is 2. The monoisotopic (exact) mass is 572 g/mol. The van der Waals surface area contributed by atoms with E-state index in [0.717, 1.165) is 59.1 Å². The standard InChI is InChI=1S/C34H34Cl2N2O2/c35-33-27(23-7-11-25-21(19-23)9-13-31(25)37-15-17-39)3-1-5-29(33)30-6-2-4-28(34(30)36)24-8-12-26-22(20-24)10-14-32(26)38-16-18-40/h1-8,11-12,19-20,31-32,37-40H,9-10,13-18H2. The Morgan fingerprint density at radius 2 is 1.02 bits per heavy atom. The van der Waals surface area contributed by atoms with Crippen LogP contribution in [-0.4, -0.2) is 36.5 Å². The summed E-state index contributed by atoms with van der Waals surface area (Å²) in [5.74, 6) is 0. The average molecular weight is 574 g/mol. The molecule has 0 heterocycles. The molecule has 0 aromatic heterocycles. The van der Waals surface area contributed by atoms with Crippen molar-refractivity contribution in [3.63, 3.8) is 0 Å². The fraction of sp³-hybridized carbons (Fsp3) is 0.294. The number of aliphatic hydroxyl groups is 2. The van der Waals surface area contributed by atoms with Crippen LogP contribution in [0.1, 0.15) is 47.2 Å². The first-order valence-corrected chi connectivity index (χ1v) is 14.9. The van der Waals surface area contributed by atoms with Crippen LogP contribution in [0.25, 0.3) is 33.4 Å². The molecule has 6 heteroatoms. The van der Waals surface area contributed by atoms with Gasteiger partial charge in [0.2, 0.25) is 0 Å². The predicted molar refractivity (Wildman–Crippen MR) is 165 cm³/mol. The summed E-state index contributed by atoms with van der Waals surface area (Å²) >= 11 is 14.2. The largest absolute Gasteiger partial charge is 0.395 e. The van der Waals surface area contributed by atoms with Crippen molar-refractivity contribution in [1.29, 1.82) is 0 Å². The van der Waals surface area contributed by atoms with Crippen molar-refractivity contribution in [3.8, 4) is 33.4 Å². The Bertz CT molecular complexity index is 1420. The van der Waals surface area contributed by atoms with Gasteiger partial charge in [-0.25, -0.2) is 0 Å². The van der Waals surface area contributed by atoms with Gasteiger partial charge in [-0.05, 0) is 59.1 Å². The van der Waals surface area contributed by atoms with Crippen molar-refractivity contribution >= 4 is 23.2 Å². The van der Waals surface area contributed by atoms with E-state index in [2.05, 4.69) is 59.2 Å². The fourth-order valence-electron chi connectivity index (χ4n) is 6.40.